The Morgan fingerprint density at radius 2 is 1.35 bits per heavy atom. The van der Waals surface area contributed by atoms with Crippen molar-refractivity contribution >= 4 is 28.5 Å². The van der Waals surface area contributed by atoms with Crippen molar-refractivity contribution in [2.24, 2.45) is 0 Å². The van der Waals surface area contributed by atoms with Crippen molar-refractivity contribution in [3.63, 3.8) is 0 Å². The zero-order valence-corrected chi connectivity index (χ0v) is 29.8. The minimum absolute atomic E-state index is 0.800. The van der Waals surface area contributed by atoms with Crippen molar-refractivity contribution in [3.05, 3.63) is 159 Å². The summed E-state index contributed by atoms with van der Waals surface area (Å²) in [7, 11) is 4.27. The lowest BCUT2D eigenvalue weighted by Crippen LogP contribution is -2.27. The molecule has 4 heteroatoms. The van der Waals surface area contributed by atoms with Gasteiger partial charge in [0.1, 0.15) is 0 Å². The SMILES string of the molecule is CNCC/C=C1/c2ccccc2CCc2cc(-c3ccc4c(c3)CCc3ccccc3N4CCCN(C)CCc3ccc(Cl)cc3)ccc21. The molecule has 0 saturated carbocycles. The highest BCUT2D eigenvalue weighted by molar-refractivity contribution is 6.30. The molecule has 3 nitrogen and oxygen atoms in total. The molecule has 1 aliphatic heterocycles. The summed E-state index contributed by atoms with van der Waals surface area (Å²) >= 11 is 6.09. The largest absolute Gasteiger partial charge is 0.341 e. The quantitative estimate of drug-likeness (QED) is 0.142. The molecule has 1 N–H and O–H groups in total. The number of benzene rings is 5. The van der Waals surface area contributed by atoms with E-state index in [1.165, 1.54) is 67.0 Å². The van der Waals surface area contributed by atoms with Gasteiger partial charge in [0.2, 0.25) is 0 Å². The highest BCUT2D eigenvalue weighted by Gasteiger charge is 2.22. The first-order chi connectivity index (χ1) is 24.1. The van der Waals surface area contributed by atoms with Crippen molar-refractivity contribution in [2.75, 3.05) is 45.2 Å². The fourth-order valence-electron chi connectivity index (χ4n) is 7.67. The molecule has 0 amide bonds. The van der Waals surface area contributed by atoms with Gasteiger partial charge in [-0.2, -0.15) is 0 Å². The molecule has 0 spiro atoms. The molecule has 5 aromatic carbocycles. The van der Waals surface area contributed by atoms with E-state index in [2.05, 4.69) is 125 Å². The molecule has 1 aliphatic carbocycles. The number of likely N-dealkylation sites (N-methyl/N-ethyl adjacent to an activating group) is 1. The van der Waals surface area contributed by atoms with Crippen LogP contribution in [0.4, 0.5) is 11.4 Å². The number of nitrogens with one attached hydrogen (secondary N) is 1. The smallest absolute Gasteiger partial charge is 0.0443 e. The van der Waals surface area contributed by atoms with Crippen LogP contribution < -0.4 is 10.2 Å². The van der Waals surface area contributed by atoms with Gasteiger partial charge in [0, 0.05) is 29.5 Å². The van der Waals surface area contributed by atoms with Gasteiger partial charge in [-0.25, -0.2) is 0 Å². The van der Waals surface area contributed by atoms with E-state index in [1.54, 1.807) is 0 Å². The Morgan fingerprint density at radius 3 is 2.18 bits per heavy atom. The lowest BCUT2D eigenvalue weighted by atomic mass is 9.90. The third-order valence-corrected chi connectivity index (χ3v) is 10.6. The van der Waals surface area contributed by atoms with Crippen LogP contribution in [0.1, 0.15) is 51.8 Å². The second-order valence-electron chi connectivity index (χ2n) is 13.7. The fraction of sp³-hybridized carbons (Fsp3) is 0.289. The summed E-state index contributed by atoms with van der Waals surface area (Å²) in [6.07, 6.45) is 9.84. The number of nitrogens with zero attached hydrogens (tertiary/aromatic N) is 2. The first-order valence-electron chi connectivity index (χ1n) is 18.1. The first kappa shape index (κ1) is 33.4. The standard InChI is InChI=1S/C45H48ClN3/c1-47-27-7-12-43-41-11-5-3-9-34(41)16-18-38-31-36(20-24-42(38)43)37-21-25-45-39(32-37)19-17-35-10-4-6-13-44(35)49(45)29-8-28-48(2)30-26-33-14-22-40(46)23-15-33/h3-6,9-15,20-25,31-32,47H,7-8,16-19,26-30H2,1-2H3/b43-12-. The molecule has 0 aromatic heterocycles. The van der Waals surface area contributed by atoms with Crippen molar-refractivity contribution in [2.45, 2.75) is 44.9 Å². The summed E-state index contributed by atoms with van der Waals surface area (Å²) < 4.78 is 0. The third-order valence-electron chi connectivity index (χ3n) is 10.4. The average molecular weight is 666 g/mol. The second kappa shape index (κ2) is 15.6. The molecular weight excluding hydrogens is 618 g/mol. The van der Waals surface area contributed by atoms with Crippen LogP contribution >= 0.6 is 11.6 Å². The molecule has 49 heavy (non-hydrogen) atoms. The zero-order valence-electron chi connectivity index (χ0n) is 29.0. The molecule has 0 fully saturated rings. The van der Waals surface area contributed by atoms with Gasteiger partial charge < -0.3 is 15.1 Å². The highest BCUT2D eigenvalue weighted by Crippen LogP contribution is 2.40. The molecule has 0 saturated heterocycles. The number of hydrogen-bond acceptors (Lipinski definition) is 3. The van der Waals surface area contributed by atoms with Gasteiger partial charge in [-0.1, -0.05) is 96.5 Å². The predicted octanol–water partition coefficient (Wildman–Crippen LogP) is 9.95. The number of halogens is 1. The predicted molar refractivity (Wildman–Crippen MR) is 209 cm³/mol. The molecular formula is C45H48ClN3. The Kier molecular flexibility index (Phi) is 10.6. The van der Waals surface area contributed by atoms with E-state index in [4.69, 9.17) is 11.6 Å². The van der Waals surface area contributed by atoms with Gasteiger partial charge in [-0.05, 0) is 158 Å². The summed E-state index contributed by atoms with van der Waals surface area (Å²) in [5.41, 5.74) is 16.6. The summed E-state index contributed by atoms with van der Waals surface area (Å²) in [4.78, 5) is 5.05. The molecule has 2 aliphatic rings. The van der Waals surface area contributed by atoms with Crippen molar-refractivity contribution in [1.29, 1.82) is 0 Å². The van der Waals surface area contributed by atoms with Crippen LogP contribution in [0.3, 0.4) is 0 Å². The Labute approximate surface area is 298 Å². The molecule has 0 atom stereocenters. The number of aryl methyl sites for hydroxylation is 4. The molecule has 0 radical (unpaired) electrons. The maximum atomic E-state index is 6.09. The van der Waals surface area contributed by atoms with Gasteiger partial charge in [-0.15, -0.1) is 0 Å². The normalized spacial score (nSPS) is 14.5. The number of fused-ring (bicyclic) bond motifs is 4. The minimum Gasteiger partial charge on any atom is -0.341 e. The number of hydrogen-bond donors (Lipinski definition) is 1. The fourth-order valence-corrected chi connectivity index (χ4v) is 7.80. The van der Waals surface area contributed by atoms with E-state index in [-0.39, 0.29) is 0 Å². The van der Waals surface area contributed by atoms with Crippen molar-refractivity contribution < 1.29 is 0 Å². The Hall–Kier alpha value is -4.15. The van der Waals surface area contributed by atoms with Crippen LogP contribution in [-0.4, -0.2) is 45.2 Å². The van der Waals surface area contributed by atoms with Gasteiger partial charge >= 0.3 is 0 Å². The Bertz CT molecular complexity index is 1920. The maximum absolute atomic E-state index is 6.09. The van der Waals surface area contributed by atoms with Crippen LogP contribution in [0, 0.1) is 0 Å². The first-order valence-corrected chi connectivity index (χ1v) is 18.4. The van der Waals surface area contributed by atoms with E-state index in [0.717, 1.165) is 76.1 Å². The van der Waals surface area contributed by atoms with Crippen LogP contribution in [0.5, 0.6) is 0 Å². The maximum Gasteiger partial charge on any atom is 0.0443 e. The van der Waals surface area contributed by atoms with Gasteiger partial charge in [-0.3, -0.25) is 0 Å². The van der Waals surface area contributed by atoms with Crippen molar-refractivity contribution in [1.82, 2.24) is 10.2 Å². The second-order valence-corrected chi connectivity index (χ2v) is 14.1. The van der Waals surface area contributed by atoms with Gasteiger partial charge in [0.25, 0.3) is 0 Å². The monoisotopic (exact) mass is 665 g/mol. The summed E-state index contributed by atoms with van der Waals surface area (Å²) in [5.74, 6) is 0. The molecule has 1 heterocycles. The lowest BCUT2D eigenvalue weighted by Gasteiger charge is -2.28. The van der Waals surface area contributed by atoms with Crippen molar-refractivity contribution in [3.8, 4) is 11.1 Å². The van der Waals surface area contributed by atoms with E-state index < -0.39 is 0 Å². The topological polar surface area (TPSA) is 18.5 Å². The number of rotatable bonds is 11. The summed E-state index contributed by atoms with van der Waals surface area (Å²) in [6.45, 7) is 4.08. The van der Waals surface area contributed by atoms with E-state index in [9.17, 15) is 0 Å². The highest BCUT2D eigenvalue weighted by atomic mass is 35.5. The van der Waals surface area contributed by atoms with Crippen LogP contribution in [0.25, 0.3) is 16.7 Å². The van der Waals surface area contributed by atoms with Crippen LogP contribution in [0.2, 0.25) is 5.02 Å². The van der Waals surface area contributed by atoms with Crippen LogP contribution in [0.15, 0.2) is 115 Å². The summed E-state index contributed by atoms with van der Waals surface area (Å²) in [6, 6.07) is 40.7. The third kappa shape index (κ3) is 7.70. The average Bonchev–Trinajstić information content (AvgIpc) is 3.39. The van der Waals surface area contributed by atoms with E-state index in [0.29, 0.717) is 0 Å². The van der Waals surface area contributed by atoms with Gasteiger partial charge in [0.05, 0.1) is 0 Å². The Balaban J connectivity index is 1.12. The van der Waals surface area contributed by atoms with Crippen LogP contribution in [-0.2, 0) is 32.1 Å². The number of para-hydroxylation sites is 1. The molecule has 0 bridgehead atoms. The minimum atomic E-state index is 0.800. The molecule has 0 unspecified atom stereocenters. The Morgan fingerprint density at radius 1 is 0.694 bits per heavy atom. The van der Waals surface area contributed by atoms with E-state index in [1.807, 2.05) is 19.2 Å². The molecule has 250 valence electrons. The molecule has 7 rings (SSSR count). The zero-order chi connectivity index (χ0) is 33.6. The summed E-state index contributed by atoms with van der Waals surface area (Å²) in [5, 5.41) is 4.11. The van der Waals surface area contributed by atoms with E-state index >= 15 is 0 Å². The van der Waals surface area contributed by atoms with Gasteiger partial charge in [0.15, 0.2) is 0 Å². The lowest BCUT2D eigenvalue weighted by molar-refractivity contribution is 0.335. The molecule has 5 aromatic rings. The number of anilines is 2.